The van der Waals surface area contributed by atoms with E-state index in [1.165, 1.54) is 11.1 Å². The summed E-state index contributed by atoms with van der Waals surface area (Å²) in [4.78, 5) is 28.6. The van der Waals surface area contributed by atoms with Gasteiger partial charge in [-0.2, -0.15) is 0 Å². The normalized spacial score (nSPS) is 13.7. The van der Waals surface area contributed by atoms with Gasteiger partial charge in [0.15, 0.2) is 0 Å². The second-order valence-electron chi connectivity index (χ2n) is 9.47. The Labute approximate surface area is 212 Å². The van der Waals surface area contributed by atoms with Crippen molar-refractivity contribution in [1.29, 1.82) is 0 Å². The van der Waals surface area contributed by atoms with E-state index < -0.39 is 0 Å². The molecule has 0 bridgehead atoms. The Morgan fingerprint density at radius 3 is 2.42 bits per heavy atom. The first-order chi connectivity index (χ1) is 17.5. The van der Waals surface area contributed by atoms with Crippen LogP contribution in [-0.2, 0) is 13.0 Å². The Morgan fingerprint density at radius 2 is 1.61 bits per heavy atom. The van der Waals surface area contributed by atoms with Crippen molar-refractivity contribution < 1.29 is 9.59 Å². The largest absolute Gasteiger partial charge is 0.366 e. The van der Waals surface area contributed by atoms with Crippen molar-refractivity contribution >= 4 is 34.0 Å². The summed E-state index contributed by atoms with van der Waals surface area (Å²) >= 11 is 0. The van der Waals surface area contributed by atoms with Gasteiger partial charge < -0.3 is 15.5 Å². The monoisotopic (exact) mass is 477 g/mol. The molecule has 0 saturated carbocycles. The molecule has 5 nitrogen and oxygen atoms in total. The molecule has 1 atom stereocenters. The smallest absolute Gasteiger partial charge is 0.255 e. The second kappa shape index (κ2) is 10.2. The Morgan fingerprint density at radius 1 is 0.861 bits per heavy atom. The van der Waals surface area contributed by atoms with Gasteiger partial charge in [0.05, 0.1) is 5.56 Å². The van der Waals surface area contributed by atoms with Crippen molar-refractivity contribution in [2.75, 3.05) is 16.8 Å². The summed E-state index contributed by atoms with van der Waals surface area (Å²) in [5, 5.41) is 8.19. The molecule has 2 amide bonds. The minimum absolute atomic E-state index is 0.0586. The van der Waals surface area contributed by atoms with Crippen LogP contribution < -0.4 is 15.5 Å². The van der Waals surface area contributed by atoms with E-state index in [1.54, 1.807) is 6.07 Å². The van der Waals surface area contributed by atoms with Gasteiger partial charge >= 0.3 is 0 Å². The lowest BCUT2D eigenvalue weighted by atomic mass is 9.98. The van der Waals surface area contributed by atoms with Crippen molar-refractivity contribution in [2.24, 2.45) is 0 Å². The predicted octanol–water partition coefficient (Wildman–Crippen LogP) is 6.18. The molecule has 4 aromatic rings. The summed E-state index contributed by atoms with van der Waals surface area (Å²) in [5.74, 6) is -0.325. The summed E-state index contributed by atoms with van der Waals surface area (Å²) in [6.07, 6.45) is 1.78. The molecule has 0 radical (unpaired) electrons. The highest BCUT2D eigenvalue weighted by molar-refractivity contribution is 6.08. The third-order valence-electron chi connectivity index (χ3n) is 6.97. The van der Waals surface area contributed by atoms with Crippen molar-refractivity contribution in [2.45, 2.75) is 39.3 Å². The third kappa shape index (κ3) is 4.96. The number of nitrogens with one attached hydrogen (secondary N) is 2. The number of anilines is 2. The molecule has 1 heterocycles. The lowest BCUT2D eigenvalue weighted by Crippen LogP contribution is -2.35. The van der Waals surface area contributed by atoms with Gasteiger partial charge in [-0.25, -0.2) is 0 Å². The number of hydrogen-bond donors (Lipinski definition) is 2. The molecule has 1 aliphatic rings. The Balaban J connectivity index is 1.44. The maximum Gasteiger partial charge on any atom is 0.255 e. The minimum Gasteiger partial charge on any atom is -0.366 e. The SMILES string of the molecule is CCC(C)NC(=O)c1cc(NC(=O)c2ccc3ccccc3c2)ccc1N1CCc2ccccc2C1. The number of rotatable bonds is 6. The van der Waals surface area contributed by atoms with Gasteiger partial charge in [0.1, 0.15) is 0 Å². The first-order valence-electron chi connectivity index (χ1n) is 12.6. The van der Waals surface area contributed by atoms with Crippen LogP contribution in [0.5, 0.6) is 0 Å². The van der Waals surface area contributed by atoms with E-state index >= 15 is 0 Å². The zero-order chi connectivity index (χ0) is 25.1. The zero-order valence-electron chi connectivity index (χ0n) is 20.8. The fourth-order valence-corrected chi connectivity index (χ4v) is 4.71. The van der Waals surface area contributed by atoms with Gasteiger partial charge in [0, 0.05) is 36.1 Å². The summed E-state index contributed by atoms with van der Waals surface area (Å²) in [6.45, 7) is 5.64. The number of amides is 2. The average Bonchev–Trinajstić information content (AvgIpc) is 2.92. The molecule has 36 heavy (non-hydrogen) atoms. The van der Waals surface area contributed by atoms with Crippen molar-refractivity contribution in [1.82, 2.24) is 5.32 Å². The number of benzene rings is 4. The van der Waals surface area contributed by atoms with E-state index in [4.69, 9.17) is 0 Å². The van der Waals surface area contributed by atoms with E-state index in [2.05, 4.69) is 39.8 Å². The van der Waals surface area contributed by atoms with E-state index in [0.29, 0.717) is 16.8 Å². The fraction of sp³-hybridized carbons (Fsp3) is 0.226. The van der Waals surface area contributed by atoms with Crippen molar-refractivity contribution in [3.63, 3.8) is 0 Å². The van der Waals surface area contributed by atoms with Crippen LogP contribution in [0.2, 0.25) is 0 Å². The number of fused-ring (bicyclic) bond motifs is 2. The lowest BCUT2D eigenvalue weighted by molar-refractivity contribution is 0.0938. The van der Waals surface area contributed by atoms with Crippen LogP contribution in [0, 0.1) is 0 Å². The molecule has 0 spiro atoms. The van der Waals surface area contributed by atoms with Crippen LogP contribution in [0.1, 0.15) is 52.1 Å². The molecule has 5 heteroatoms. The molecule has 0 aliphatic carbocycles. The Bertz CT molecular complexity index is 1430. The highest BCUT2D eigenvalue weighted by Gasteiger charge is 2.22. The van der Waals surface area contributed by atoms with Crippen LogP contribution in [0.4, 0.5) is 11.4 Å². The quantitative estimate of drug-likeness (QED) is 0.348. The molecule has 5 rings (SSSR count). The fourth-order valence-electron chi connectivity index (χ4n) is 4.71. The van der Waals surface area contributed by atoms with Crippen LogP contribution in [0.3, 0.4) is 0 Å². The molecule has 1 unspecified atom stereocenters. The highest BCUT2D eigenvalue weighted by atomic mass is 16.2. The topological polar surface area (TPSA) is 61.4 Å². The van der Waals surface area contributed by atoms with E-state index in [0.717, 1.165) is 42.4 Å². The van der Waals surface area contributed by atoms with Gasteiger partial charge in [-0.3, -0.25) is 9.59 Å². The number of nitrogens with zero attached hydrogens (tertiary/aromatic N) is 1. The lowest BCUT2D eigenvalue weighted by Gasteiger charge is -2.32. The second-order valence-corrected chi connectivity index (χ2v) is 9.47. The standard InChI is InChI=1S/C31H31N3O2/c1-3-21(2)32-31(36)28-19-27(33-30(35)25-13-12-22-8-4-6-10-24(22)18-25)14-15-29(28)34-17-16-23-9-5-7-11-26(23)20-34/h4-15,18-19,21H,3,16-17,20H2,1-2H3,(H,32,36)(H,33,35). The maximum absolute atomic E-state index is 13.3. The summed E-state index contributed by atoms with van der Waals surface area (Å²) in [5.41, 5.74) is 5.28. The minimum atomic E-state index is -0.200. The zero-order valence-corrected chi connectivity index (χ0v) is 20.8. The Hall–Kier alpha value is -4.12. The van der Waals surface area contributed by atoms with Crippen molar-refractivity contribution in [3.8, 4) is 0 Å². The summed E-state index contributed by atoms with van der Waals surface area (Å²) in [6, 6.07) is 27.8. The van der Waals surface area contributed by atoms with Gasteiger partial charge in [0.25, 0.3) is 11.8 Å². The van der Waals surface area contributed by atoms with Crippen molar-refractivity contribution in [3.05, 3.63) is 107 Å². The predicted molar refractivity (Wildman–Crippen MR) is 147 cm³/mol. The first kappa shape index (κ1) is 23.6. The molecule has 0 aromatic heterocycles. The molecule has 1 aliphatic heterocycles. The van der Waals surface area contributed by atoms with E-state index in [9.17, 15) is 9.59 Å². The maximum atomic E-state index is 13.3. The summed E-state index contributed by atoms with van der Waals surface area (Å²) in [7, 11) is 0. The van der Waals surface area contributed by atoms with Gasteiger partial charge in [0.2, 0.25) is 0 Å². The van der Waals surface area contributed by atoms with Gasteiger partial charge in [-0.1, -0.05) is 61.5 Å². The molecule has 182 valence electrons. The number of hydrogen-bond acceptors (Lipinski definition) is 3. The molecule has 2 N–H and O–H groups in total. The highest BCUT2D eigenvalue weighted by Crippen LogP contribution is 2.30. The van der Waals surface area contributed by atoms with Gasteiger partial charge in [-0.05, 0) is 72.0 Å². The molecule has 4 aromatic carbocycles. The van der Waals surface area contributed by atoms with Crippen LogP contribution in [-0.4, -0.2) is 24.4 Å². The molecule has 0 saturated heterocycles. The van der Waals surface area contributed by atoms with E-state index in [-0.39, 0.29) is 17.9 Å². The summed E-state index contributed by atoms with van der Waals surface area (Å²) < 4.78 is 0. The average molecular weight is 478 g/mol. The third-order valence-corrected chi connectivity index (χ3v) is 6.97. The number of carbonyl (C=O) groups excluding carboxylic acids is 2. The first-order valence-corrected chi connectivity index (χ1v) is 12.6. The molecular formula is C31H31N3O2. The molecular weight excluding hydrogens is 446 g/mol. The van der Waals surface area contributed by atoms with E-state index in [1.807, 2.05) is 68.4 Å². The Kier molecular flexibility index (Phi) is 6.72. The molecule has 0 fully saturated rings. The number of carbonyl (C=O) groups is 2. The van der Waals surface area contributed by atoms with Gasteiger partial charge in [-0.15, -0.1) is 0 Å². The van der Waals surface area contributed by atoms with Crippen LogP contribution in [0.25, 0.3) is 10.8 Å². The van der Waals surface area contributed by atoms with Crippen LogP contribution in [0.15, 0.2) is 84.9 Å². The van der Waals surface area contributed by atoms with Crippen LogP contribution >= 0.6 is 0 Å².